The summed E-state index contributed by atoms with van der Waals surface area (Å²) in [5.74, 6) is 1.79. The van der Waals surface area contributed by atoms with E-state index in [0.717, 1.165) is 31.3 Å². The Morgan fingerprint density at radius 3 is 2.74 bits per heavy atom. The highest BCUT2D eigenvalue weighted by atomic mass is 16.5. The molecular formula is C16H27N5O2. The van der Waals surface area contributed by atoms with Crippen molar-refractivity contribution in [2.24, 2.45) is 13.0 Å². The first-order valence-electron chi connectivity index (χ1n) is 8.47. The molecule has 1 aromatic rings. The lowest BCUT2D eigenvalue weighted by Crippen LogP contribution is -2.43. The second-order valence-corrected chi connectivity index (χ2v) is 6.91. The van der Waals surface area contributed by atoms with E-state index in [1.165, 1.54) is 12.8 Å². The zero-order chi connectivity index (χ0) is 16.4. The van der Waals surface area contributed by atoms with Gasteiger partial charge < -0.3 is 14.2 Å². The number of aryl methyl sites for hydroxylation is 1. The Balaban J connectivity index is 1.68. The van der Waals surface area contributed by atoms with Crippen molar-refractivity contribution in [3.63, 3.8) is 0 Å². The Morgan fingerprint density at radius 1 is 1.39 bits per heavy atom. The molecule has 23 heavy (non-hydrogen) atoms. The minimum absolute atomic E-state index is 0.0383. The Hall–Kier alpha value is -1.47. The Morgan fingerprint density at radius 2 is 2.13 bits per heavy atom. The van der Waals surface area contributed by atoms with E-state index in [2.05, 4.69) is 22.0 Å². The molecule has 0 saturated carbocycles. The predicted octanol–water partition coefficient (Wildman–Crippen LogP) is 0.835. The third-order valence-corrected chi connectivity index (χ3v) is 5.20. The molecule has 3 rings (SSSR count). The van der Waals surface area contributed by atoms with Crippen molar-refractivity contribution in [3.05, 3.63) is 12.2 Å². The zero-order valence-electron chi connectivity index (χ0n) is 14.3. The number of rotatable bonds is 4. The smallest absolute Gasteiger partial charge is 0.237 e. The van der Waals surface area contributed by atoms with Crippen molar-refractivity contribution < 1.29 is 9.53 Å². The number of nitrogens with zero attached hydrogens (tertiary/aromatic N) is 5. The van der Waals surface area contributed by atoms with E-state index in [-0.39, 0.29) is 18.1 Å². The van der Waals surface area contributed by atoms with Crippen LogP contribution < -0.4 is 0 Å². The lowest BCUT2D eigenvalue weighted by atomic mass is 9.99. The van der Waals surface area contributed by atoms with Crippen molar-refractivity contribution in [2.45, 2.75) is 38.3 Å². The number of carbonyl (C=O) groups excluding carboxylic acids is 1. The monoisotopic (exact) mass is 321 g/mol. The van der Waals surface area contributed by atoms with Gasteiger partial charge in [0.2, 0.25) is 5.91 Å². The van der Waals surface area contributed by atoms with E-state index in [1.807, 2.05) is 16.5 Å². The van der Waals surface area contributed by atoms with Gasteiger partial charge in [-0.15, -0.1) is 10.2 Å². The number of hydrogen-bond donors (Lipinski definition) is 0. The van der Waals surface area contributed by atoms with Gasteiger partial charge in [0.05, 0.1) is 18.7 Å². The average molecular weight is 321 g/mol. The summed E-state index contributed by atoms with van der Waals surface area (Å²) in [6, 6.07) is -0.0383. The van der Waals surface area contributed by atoms with E-state index < -0.39 is 0 Å². The van der Waals surface area contributed by atoms with Gasteiger partial charge in [0.25, 0.3) is 0 Å². The van der Waals surface area contributed by atoms with Gasteiger partial charge in [-0.2, -0.15) is 0 Å². The SMILES string of the molecule is CO[C@@H]1C[C@@H](c2nncn2C)N(C(=O)CN2CCC(C)CC2)C1. The second kappa shape index (κ2) is 6.97. The molecule has 2 aliphatic rings. The molecule has 0 N–H and O–H groups in total. The first-order chi connectivity index (χ1) is 11.1. The van der Waals surface area contributed by atoms with Crippen molar-refractivity contribution in [3.8, 4) is 0 Å². The summed E-state index contributed by atoms with van der Waals surface area (Å²) in [6.45, 7) is 5.45. The fourth-order valence-electron chi connectivity index (χ4n) is 3.58. The molecular weight excluding hydrogens is 294 g/mol. The number of ether oxygens (including phenoxy) is 1. The van der Waals surface area contributed by atoms with Crippen LogP contribution in [0.3, 0.4) is 0 Å². The maximum Gasteiger partial charge on any atom is 0.237 e. The molecule has 1 aromatic heterocycles. The first kappa shape index (κ1) is 16.4. The molecule has 0 radical (unpaired) electrons. The molecule has 0 aromatic carbocycles. The molecule has 0 bridgehead atoms. The highest BCUT2D eigenvalue weighted by Gasteiger charge is 2.39. The number of amides is 1. The van der Waals surface area contributed by atoms with Crippen LogP contribution in [0.4, 0.5) is 0 Å². The average Bonchev–Trinajstić information content (AvgIpc) is 3.15. The summed E-state index contributed by atoms with van der Waals surface area (Å²) in [7, 11) is 3.63. The van der Waals surface area contributed by atoms with Crippen LogP contribution in [0.5, 0.6) is 0 Å². The van der Waals surface area contributed by atoms with E-state index in [4.69, 9.17) is 4.74 Å². The van der Waals surface area contributed by atoms with Crippen LogP contribution >= 0.6 is 0 Å². The van der Waals surface area contributed by atoms with Gasteiger partial charge in [-0.1, -0.05) is 6.92 Å². The van der Waals surface area contributed by atoms with Crippen LogP contribution in [-0.2, 0) is 16.6 Å². The quantitative estimate of drug-likeness (QED) is 0.822. The highest BCUT2D eigenvalue weighted by Crippen LogP contribution is 2.32. The normalized spacial score (nSPS) is 26.8. The van der Waals surface area contributed by atoms with Gasteiger partial charge in [-0.05, 0) is 31.8 Å². The van der Waals surface area contributed by atoms with Gasteiger partial charge in [-0.25, -0.2) is 0 Å². The summed E-state index contributed by atoms with van der Waals surface area (Å²) < 4.78 is 7.39. The standard InChI is InChI=1S/C16H27N5O2/c1-12-4-6-20(7-5-12)10-15(22)21-9-13(23-3)8-14(21)16-18-17-11-19(16)2/h11-14H,4-10H2,1-3H3/t13-,14+/m1/s1. The van der Waals surface area contributed by atoms with Gasteiger partial charge in [0.1, 0.15) is 6.33 Å². The van der Waals surface area contributed by atoms with Gasteiger partial charge in [-0.3, -0.25) is 9.69 Å². The van der Waals surface area contributed by atoms with Crippen LogP contribution in [0.15, 0.2) is 6.33 Å². The van der Waals surface area contributed by atoms with E-state index in [1.54, 1.807) is 13.4 Å². The van der Waals surface area contributed by atoms with E-state index in [0.29, 0.717) is 13.1 Å². The van der Waals surface area contributed by atoms with Crippen molar-refractivity contribution in [1.82, 2.24) is 24.6 Å². The first-order valence-corrected chi connectivity index (χ1v) is 8.47. The lowest BCUT2D eigenvalue weighted by Gasteiger charge is -2.32. The minimum atomic E-state index is -0.0383. The maximum atomic E-state index is 12.8. The number of methoxy groups -OCH3 is 1. The van der Waals surface area contributed by atoms with Crippen molar-refractivity contribution in [1.29, 1.82) is 0 Å². The number of carbonyl (C=O) groups is 1. The van der Waals surface area contributed by atoms with Gasteiger partial charge in [0.15, 0.2) is 5.82 Å². The second-order valence-electron chi connectivity index (χ2n) is 6.91. The zero-order valence-corrected chi connectivity index (χ0v) is 14.3. The molecule has 0 aliphatic carbocycles. The largest absolute Gasteiger partial charge is 0.380 e. The van der Waals surface area contributed by atoms with Crippen LogP contribution in [0, 0.1) is 5.92 Å². The number of piperidine rings is 1. The summed E-state index contributed by atoms with van der Waals surface area (Å²) in [5.41, 5.74) is 0. The summed E-state index contributed by atoms with van der Waals surface area (Å²) in [5, 5.41) is 8.16. The molecule has 128 valence electrons. The molecule has 2 fully saturated rings. The Bertz CT molecular complexity index is 538. The number of likely N-dealkylation sites (tertiary alicyclic amines) is 2. The van der Waals surface area contributed by atoms with Gasteiger partial charge in [0, 0.05) is 27.1 Å². The molecule has 2 saturated heterocycles. The van der Waals surface area contributed by atoms with Crippen LogP contribution in [0.1, 0.15) is 38.1 Å². The molecule has 2 atom stereocenters. The Kier molecular flexibility index (Phi) is 4.96. The number of hydrogen-bond acceptors (Lipinski definition) is 5. The van der Waals surface area contributed by atoms with E-state index in [9.17, 15) is 4.79 Å². The van der Waals surface area contributed by atoms with Crippen LogP contribution in [-0.4, -0.2) is 69.9 Å². The van der Waals surface area contributed by atoms with Crippen molar-refractivity contribution in [2.75, 3.05) is 33.3 Å². The number of aromatic nitrogens is 3. The van der Waals surface area contributed by atoms with Gasteiger partial charge >= 0.3 is 0 Å². The molecule has 7 nitrogen and oxygen atoms in total. The summed E-state index contributed by atoms with van der Waals surface area (Å²) in [6.07, 6.45) is 4.90. The van der Waals surface area contributed by atoms with Crippen molar-refractivity contribution >= 4 is 5.91 Å². The minimum Gasteiger partial charge on any atom is -0.380 e. The maximum absolute atomic E-state index is 12.8. The highest BCUT2D eigenvalue weighted by molar-refractivity contribution is 5.79. The van der Waals surface area contributed by atoms with Crippen LogP contribution in [0.2, 0.25) is 0 Å². The summed E-state index contributed by atoms with van der Waals surface area (Å²) in [4.78, 5) is 17.0. The fraction of sp³-hybridized carbons (Fsp3) is 0.812. The predicted molar refractivity (Wildman–Crippen MR) is 85.7 cm³/mol. The molecule has 3 heterocycles. The molecule has 1 amide bonds. The topological polar surface area (TPSA) is 63.5 Å². The summed E-state index contributed by atoms with van der Waals surface area (Å²) >= 11 is 0. The fourth-order valence-corrected chi connectivity index (χ4v) is 3.58. The van der Waals surface area contributed by atoms with Crippen LogP contribution in [0.25, 0.3) is 0 Å². The lowest BCUT2D eigenvalue weighted by molar-refractivity contribution is -0.134. The molecule has 0 spiro atoms. The molecule has 2 aliphatic heterocycles. The third kappa shape index (κ3) is 3.55. The third-order valence-electron chi connectivity index (χ3n) is 5.20. The van der Waals surface area contributed by atoms with E-state index >= 15 is 0 Å². The molecule has 7 heteroatoms. The Labute approximate surface area is 137 Å². The molecule has 0 unspecified atom stereocenters.